The van der Waals surface area contributed by atoms with Crippen molar-refractivity contribution in [1.29, 1.82) is 0 Å². The van der Waals surface area contributed by atoms with Gasteiger partial charge in [-0.05, 0) is 55.7 Å². The molecule has 2 N–H and O–H groups in total. The van der Waals surface area contributed by atoms with Crippen molar-refractivity contribution in [3.8, 4) is 5.75 Å². The third-order valence-corrected chi connectivity index (χ3v) is 7.58. The summed E-state index contributed by atoms with van der Waals surface area (Å²) in [5.74, 6) is -1.67. The molecule has 0 radical (unpaired) electrons. The van der Waals surface area contributed by atoms with Gasteiger partial charge in [0.05, 0.1) is 21.6 Å². The van der Waals surface area contributed by atoms with Crippen LogP contribution in [-0.2, 0) is 22.8 Å². The topological polar surface area (TPSA) is 92.7 Å². The number of hydrogen-bond donors (Lipinski definition) is 2. The average molecular weight is 459 g/mol. The third-order valence-electron chi connectivity index (χ3n) is 5.23. The van der Waals surface area contributed by atoms with Gasteiger partial charge in [0.15, 0.2) is 0 Å². The summed E-state index contributed by atoms with van der Waals surface area (Å²) in [5.41, 5.74) is -0.565. The Labute approximate surface area is 179 Å². The zero-order valence-electron chi connectivity index (χ0n) is 17.4. The molecular weight excluding hydrogens is 435 g/mol. The van der Waals surface area contributed by atoms with E-state index in [1.165, 1.54) is 38.1 Å². The van der Waals surface area contributed by atoms with Gasteiger partial charge in [-0.25, -0.2) is 13.2 Å². The van der Waals surface area contributed by atoms with Crippen molar-refractivity contribution in [2.24, 2.45) is 5.92 Å². The summed E-state index contributed by atoms with van der Waals surface area (Å²) < 4.78 is 71.8. The number of carboxylic acid groups (broad SMARTS) is 1. The Morgan fingerprint density at radius 2 is 1.68 bits per heavy atom. The fourth-order valence-electron chi connectivity index (χ4n) is 2.39. The highest BCUT2D eigenvalue weighted by Gasteiger charge is 2.38. The van der Waals surface area contributed by atoms with Crippen molar-refractivity contribution in [3.63, 3.8) is 0 Å². The molecule has 2 aromatic rings. The fourth-order valence-corrected chi connectivity index (χ4v) is 3.74. The van der Waals surface area contributed by atoms with Crippen LogP contribution >= 0.6 is 0 Å². The Hall–Kier alpha value is -2.75. The number of carboxylic acids is 1. The highest BCUT2D eigenvalue weighted by molar-refractivity contribution is 7.94. The normalized spacial score (nSPS) is 12.6. The Bertz CT molecular complexity index is 1050. The average Bonchev–Trinajstić information content (AvgIpc) is 2.66. The van der Waals surface area contributed by atoms with Crippen molar-refractivity contribution in [1.82, 2.24) is 0 Å². The number of alkyl halides is 3. The lowest BCUT2D eigenvalue weighted by Gasteiger charge is -2.29. The van der Waals surface area contributed by atoms with Crippen LogP contribution in [-0.4, -0.2) is 24.2 Å². The van der Waals surface area contributed by atoms with E-state index in [9.17, 15) is 26.4 Å². The maximum atomic E-state index is 13.2. The maximum Gasteiger partial charge on any atom is 0.416 e. The van der Waals surface area contributed by atoms with Crippen LogP contribution in [0.15, 0.2) is 42.5 Å². The molecule has 0 heterocycles. The van der Waals surface area contributed by atoms with E-state index >= 15 is 0 Å². The van der Waals surface area contributed by atoms with Crippen molar-refractivity contribution in [2.45, 2.75) is 45.2 Å². The molecule has 0 fully saturated rings. The van der Waals surface area contributed by atoms with Gasteiger partial charge in [-0.2, -0.15) is 13.2 Å². The molecule has 0 atom stereocenters. The lowest BCUT2D eigenvalue weighted by molar-refractivity contribution is -0.137. The molecule has 0 aliphatic heterocycles. The van der Waals surface area contributed by atoms with E-state index in [0.717, 1.165) is 18.2 Å². The Morgan fingerprint density at radius 1 is 1.10 bits per heavy atom. The molecule has 2 rings (SSSR count). The number of halogens is 3. The summed E-state index contributed by atoms with van der Waals surface area (Å²) in [6.07, 6.45) is -4.64. The monoisotopic (exact) mass is 459 g/mol. The van der Waals surface area contributed by atoms with Crippen molar-refractivity contribution >= 4 is 21.7 Å². The van der Waals surface area contributed by atoms with Gasteiger partial charge in [-0.1, -0.05) is 26.0 Å². The molecular formula is C21H24F3NO5S. The number of nitrogens with one attached hydrogen (secondary N) is 1. The number of hydrogen-bond acceptors (Lipinski definition) is 4. The minimum atomic E-state index is -4.64. The second-order valence-corrected chi connectivity index (χ2v) is 10.1. The maximum absolute atomic E-state index is 13.2. The highest BCUT2D eigenvalue weighted by Crippen LogP contribution is 2.37. The standard InChI is InChI=1S/C21H24F3NO5S/c1-13(2)20(3,4)31(28,29)25-17-10-9-16(21(22,23)24)11-18(17)30-12-14-5-7-15(8-6-14)19(26)27/h5-11,13,25H,12H2,1-4H3,(H,26,27). The Kier molecular flexibility index (Phi) is 6.94. The molecule has 0 unspecified atom stereocenters. The number of carbonyl (C=O) groups is 1. The third kappa shape index (κ3) is 5.69. The van der Waals surface area contributed by atoms with Crippen LogP contribution in [0.1, 0.15) is 49.2 Å². The predicted octanol–water partition coefficient (Wildman–Crippen LogP) is 5.16. The number of benzene rings is 2. The van der Waals surface area contributed by atoms with Gasteiger partial charge in [0.1, 0.15) is 12.4 Å². The zero-order chi connectivity index (χ0) is 23.6. The van der Waals surface area contributed by atoms with Gasteiger partial charge in [0.25, 0.3) is 0 Å². The summed E-state index contributed by atoms with van der Waals surface area (Å²) in [4.78, 5) is 10.9. The van der Waals surface area contributed by atoms with E-state index in [0.29, 0.717) is 5.56 Å². The summed E-state index contributed by atoms with van der Waals surface area (Å²) >= 11 is 0. The van der Waals surface area contributed by atoms with Gasteiger partial charge in [0.2, 0.25) is 10.0 Å². The second kappa shape index (κ2) is 8.78. The van der Waals surface area contributed by atoms with Crippen molar-refractivity contribution < 1.29 is 36.2 Å². The van der Waals surface area contributed by atoms with E-state index in [1.807, 2.05) is 0 Å². The van der Waals surface area contributed by atoms with E-state index in [1.54, 1.807) is 13.8 Å². The second-order valence-electron chi connectivity index (χ2n) is 7.86. The predicted molar refractivity (Wildman–Crippen MR) is 111 cm³/mol. The SMILES string of the molecule is CC(C)C(C)(C)S(=O)(=O)Nc1ccc(C(F)(F)F)cc1OCc1ccc(C(=O)O)cc1. The van der Waals surface area contributed by atoms with Crippen molar-refractivity contribution in [3.05, 3.63) is 59.2 Å². The summed E-state index contributed by atoms with van der Waals surface area (Å²) in [6, 6.07) is 8.11. The number of ether oxygens (including phenoxy) is 1. The zero-order valence-corrected chi connectivity index (χ0v) is 18.3. The molecule has 2 aromatic carbocycles. The summed E-state index contributed by atoms with van der Waals surface area (Å²) in [6.45, 7) is 6.31. The van der Waals surface area contributed by atoms with Crippen LogP contribution in [0.3, 0.4) is 0 Å². The number of anilines is 1. The molecule has 31 heavy (non-hydrogen) atoms. The summed E-state index contributed by atoms with van der Waals surface area (Å²) in [5, 5.41) is 8.94. The van der Waals surface area contributed by atoms with Gasteiger partial charge in [0, 0.05) is 0 Å². The first-order chi connectivity index (χ1) is 14.1. The van der Waals surface area contributed by atoms with Gasteiger partial charge < -0.3 is 9.84 Å². The number of sulfonamides is 1. The van der Waals surface area contributed by atoms with E-state index in [2.05, 4.69) is 4.72 Å². The van der Waals surface area contributed by atoms with Crippen LogP contribution in [0.4, 0.5) is 18.9 Å². The van der Waals surface area contributed by atoms with E-state index in [-0.39, 0.29) is 29.5 Å². The largest absolute Gasteiger partial charge is 0.487 e. The molecule has 0 saturated heterocycles. The van der Waals surface area contributed by atoms with Crippen LogP contribution in [0.5, 0.6) is 5.75 Å². The molecule has 10 heteroatoms. The quantitative estimate of drug-likeness (QED) is 0.569. The lowest BCUT2D eigenvalue weighted by atomic mass is 10.00. The van der Waals surface area contributed by atoms with Gasteiger partial charge in [-0.3, -0.25) is 4.72 Å². The first-order valence-electron chi connectivity index (χ1n) is 9.34. The smallest absolute Gasteiger partial charge is 0.416 e. The van der Waals surface area contributed by atoms with E-state index < -0.39 is 32.5 Å². The van der Waals surface area contributed by atoms with Crippen LogP contribution in [0.25, 0.3) is 0 Å². The van der Waals surface area contributed by atoms with Gasteiger partial charge >= 0.3 is 12.1 Å². The molecule has 0 spiro atoms. The van der Waals surface area contributed by atoms with Crippen LogP contribution in [0.2, 0.25) is 0 Å². The minimum Gasteiger partial charge on any atom is -0.487 e. The Morgan fingerprint density at radius 3 is 2.16 bits per heavy atom. The number of aromatic carboxylic acids is 1. The fraction of sp³-hybridized carbons (Fsp3) is 0.381. The molecule has 0 aliphatic rings. The lowest BCUT2D eigenvalue weighted by Crippen LogP contribution is -2.41. The van der Waals surface area contributed by atoms with Crippen molar-refractivity contribution in [2.75, 3.05) is 4.72 Å². The first-order valence-corrected chi connectivity index (χ1v) is 10.8. The molecule has 0 aromatic heterocycles. The minimum absolute atomic E-state index is 0.0483. The Balaban J connectivity index is 2.37. The molecule has 0 saturated carbocycles. The molecule has 0 bridgehead atoms. The first kappa shape index (κ1) is 24.5. The summed E-state index contributed by atoms with van der Waals surface area (Å²) in [7, 11) is -3.96. The molecule has 0 amide bonds. The van der Waals surface area contributed by atoms with Gasteiger partial charge in [-0.15, -0.1) is 0 Å². The molecule has 170 valence electrons. The van der Waals surface area contributed by atoms with Crippen LogP contribution < -0.4 is 9.46 Å². The highest BCUT2D eigenvalue weighted by atomic mass is 32.2. The number of rotatable bonds is 8. The van der Waals surface area contributed by atoms with E-state index in [4.69, 9.17) is 9.84 Å². The molecule has 6 nitrogen and oxygen atoms in total. The van der Waals surface area contributed by atoms with Crippen LogP contribution in [0, 0.1) is 5.92 Å². The molecule has 0 aliphatic carbocycles.